The van der Waals surface area contributed by atoms with E-state index in [1.165, 1.54) is 5.56 Å². The van der Waals surface area contributed by atoms with E-state index in [2.05, 4.69) is 18.0 Å². The van der Waals surface area contributed by atoms with Crippen molar-refractivity contribution in [2.24, 2.45) is 0 Å². The van der Waals surface area contributed by atoms with Crippen molar-refractivity contribution in [3.63, 3.8) is 0 Å². The lowest BCUT2D eigenvalue weighted by Crippen LogP contribution is -2.31. The first-order valence-electron chi connectivity index (χ1n) is 6.99. The van der Waals surface area contributed by atoms with Crippen molar-refractivity contribution in [3.05, 3.63) is 35.9 Å². The van der Waals surface area contributed by atoms with E-state index < -0.39 is 0 Å². The number of rotatable bonds is 4. The van der Waals surface area contributed by atoms with E-state index >= 15 is 0 Å². The maximum absolute atomic E-state index is 10.0. The lowest BCUT2D eigenvalue weighted by molar-refractivity contribution is 0.150. The number of hydrogen-bond acceptors (Lipinski definition) is 4. The van der Waals surface area contributed by atoms with Crippen LogP contribution in [0.2, 0.25) is 0 Å². The summed E-state index contributed by atoms with van der Waals surface area (Å²) in [5, 5.41) is 13.2. The second-order valence-corrected chi connectivity index (χ2v) is 5.61. The minimum absolute atomic E-state index is 0.0445. The van der Waals surface area contributed by atoms with E-state index in [0.717, 1.165) is 23.6 Å². The first kappa shape index (κ1) is 13.5. The highest BCUT2D eigenvalue weighted by Gasteiger charge is 2.55. The highest BCUT2D eigenvalue weighted by molar-refractivity contribution is 5.60. The number of hydrogen-bond donors (Lipinski definition) is 2. The summed E-state index contributed by atoms with van der Waals surface area (Å²) in [7, 11) is 3.58. The van der Waals surface area contributed by atoms with Gasteiger partial charge in [0, 0.05) is 18.5 Å². The van der Waals surface area contributed by atoms with Gasteiger partial charge in [0.2, 0.25) is 0 Å². The predicted molar refractivity (Wildman–Crippen MR) is 77.3 cm³/mol. The molecule has 4 nitrogen and oxygen atoms in total. The van der Waals surface area contributed by atoms with Gasteiger partial charge in [0.15, 0.2) is 11.5 Å². The third kappa shape index (κ3) is 1.68. The zero-order valence-electron chi connectivity index (χ0n) is 12.0. The van der Waals surface area contributed by atoms with Crippen LogP contribution >= 0.6 is 0 Å². The van der Waals surface area contributed by atoms with Crippen molar-refractivity contribution in [1.82, 2.24) is 5.32 Å². The molecule has 0 aromatic heterocycles. The largest absolute Gasteiger partial charge is 0.493 e. The molecule has 0 radical (unpaired) electrons. The summed E-state index contributed by atoms with van der Waals surface area (Å²) in [6.45, 7) is 4.77. The Labute approximate surface area is 119 Å². The molecule has 0 spiro atoms. The molecule has 1 fully saturated rings. The predicted octanol–water partition coefficient (Wildman–Crippen LogP) is 1.75. The SMILES string of the molecule is C=C[C@@]12C[C@H](O)C[C@@H]1Oc1c(OC)ccc(CNC)c12. The van der Waals surface area contributed by atoms with Crippen LogP contribution < -0.4 is 14.8 Å². The standard InChI is InChI=1S/C16H21NO3/c1-4-16-8-11(18)7-13(16)20-15-12(19-3)6-5-10(9-17-2)14(15)16/h4-6,11,13,17-18H,1,7-9H2,2-3H3/t11-,13+,16-/m1/s1. The summed E-state index contributed by atoms with van der Waals surface area (Å²) in [6.07, 6.45) is 2.87. The van der Waals surface area contributed by atoms with Crippen LogP contribution in [0, 0.1) is 0 Å². The number of ether oxygens (including phenoxy) is 2. The molecular formula is C16H21NO3. The molecule has 108 valence electrons. The summed E-state index contributed by atoms with van der Waals surface area (Å²) < 4.78 is 11.6. The maximum atomic E-state index is 10.0. The Bertz CT molecular complexity index is 543. The molecule has 2 aliphatic rings. The number of methoxy groups -OCH3 is 1. The summed E-state index contributed by atoms with van der Waals surface area (Å²) in [4.78, 5) is 0. The fourth-order valence-electron chi connectivity index (χ4n) is 3.67. The average molecular weight is 275 g/mol. The second kappa shape index (κ2) is 4.79. The van der Waals surface area contributed by atoms with Crippen LogP contribution in [0.4, 0.5) is 0 Å². The molecule has 0 saturated heterocycles. The van der Waals surface area contributed by atoms with E-state index in [1.54, 1.807) is 7.11 Å². The zero-order chi connectivity index (χ0) is 14.3. The summed E-state index contributed by atoms with van der Waals surface area (Å²) in [6, 6.07) is 4.01. The van der Waals surface area contributed by atoms with Gasteiger partial charge >= 0.3 is 0 Å². The molecule has 0 bridgehead atoms. The smallest absolute Gasteiger partial charge is 0.166 e. The quantitative estimate of drug-likeness (QED) is 0.822. The van der Waals surface area contributed by atoms with E-state index in [1.807, 2.05) is 19.2 Å². The molecule has 1 aliphatic carbocycles. The topological polar surface area (TPSA) is 50.7 Å². The van der Waals surface area contributed by atoms with E-state index in [4.69, 9.17) is 9.47 Å². The van der Waals surface area contributed by atoms with Crippen LogP contribution in [-0.2, 0) is 12.0 Å². The van der Waals surface area contributed by atoms with Crippen LogP contribution in [0.5, 0.6) is 11.5 Å². The van der Waals surface area contributed by atoms with Crippen LogP contribution in [0.15, 0.2) is 24.8 Å². The molecule has 1 aromatic rings. The molecule has 1 saturated carbocycles. The van der Waals surface area contributed by atoms with Crippen molar-refractivity contribution in [1.29, 1.82) is 0 Å². The van der Waals surface area contributed by atoms with Gasteiger partial charge in [-0.2, -0.15) is 0 Å². The summed E-state index contributed by atoms with van der Waals surface area (Å²) in [5.74, 6) is 1.57. The Balaban J connectivity index is 2.19. The van der Waals surface area contributed by atoms with Crippen molar-refractivity contribution in [2.45, 2.75) is 37.0 Å². The molecule has 1 aromatic carbocycles. The highest BCUT2D eigenvalue weighted by Crippen LogP contribution is 2.56. The molecule has 2 N–H and O–H groups in total. The minimum atomic E-state index is -0.334. The molecule has 3 rings (SSSR count). The van der Waals surface area contributed by atoms with Gasteiger partial charge in [-0.1, -0.05) is 12.1 Å². The lowest BCUT2D eigenvalue weighted by atomic mass is 9.76. The Morgan fingerprint density at radius 2 is 2.40 bits per heavy atom. The maximum Gasteiger partial charge on any atom is 0.166 e. The first-order chi connectivity index (χ1) is 9.66. The van der Waals surface area contributed by atoms with Gasteiger partial charge in [-0.3, -0.25) is 0 Å². The van der Waals surface area contributed by atoms with E-state index in [9.17, 15) is 5.11 Å². The van der Waals surface area contributed by atoms with Crippen molar-refractivity contribution < 1.29 is 14.6 Å². The Kier molecular flexibility index (Phi) is 3.22. The van der Waals surface area contributed by atoms with Gasteiger partial charge in [-0.25, -0.2) is 0 Å². The van der Waals surface area contributed by atoms with Gasteiger partial charge in [0.1, 0.15) is 6.10 Å². The fourth-order valence-corrected chi connectivity index (χ4v) is 3.67. The molecular weight excluding hydrogens is 254 g/mol. The van der Waals surface area contributed by atoms with Crippen molar-refractivity contribution >= 4 is 0 Å². The number of aliphatic hydroxyl groups is 1. The van der Waals surface area contributed by atoms with Crippen LogP contribution in [0.3, 0.4) is 0 Å². The van der Waals surface area contributed by atoms with Gasteiger partial charge in [-0.15, -0.1) is 6.58 Å². The molecule has 4 heteroatoms. The fraction of sp³-hybridized carbons (Fsp3) is 0.500. The molecule has 20 heavy (non-hydrogen) atoms. The number of fused-ring (bicyclic) bond motifs is 3. The zero-order valence-corrected chi connectivity index (χ0v) is 12.0. The normalized spacial score (nSPS) is 30.6. The van der Waals surface area contributed by atoms with Gasteiger partial charge in [0.25, 0.3) is 0 Å². The third-order valence-corrected chi connectivity index (χ3v) is 4.52. The third-order valence-electron chi connectivity index (χ3n) is 4.52. The van der Waals surface area contributed by atoms with Crippen molar-refractivity contribution in [3.8, 4) is 11.5 Å². The van der Waals surface area contributed by atoms with Crippen LogP contribution in [0.25, 0.3) is 0 Å². The highest BCUT2D eigenvalue weighted by atomic mass is 16.5. The molecule has 3 atom stereocenters. The Hall–Kier alpha value is -1.52. The summed E-state index contributed by atoms with van der Waals surface area (Å²) >= 11 is 0. The number of aliphatic hydroxyl groups excluding tert-OH is 1. The molecule has 1 aliphatic heterocycles. The Morgan fingerprint density at radius 3 is 3.05 bits per heavy atom. The molecule has 0 amide bonds. The van der Waals surface area contributed by atoms with E-state index in [-0.39, 0.29) is 17.6 Å². The minimum Gasteiger partial charge on any atom is -0.493 e. The second-order valence-electron chi connectivity index (χ2n) is 5.61. The van der Waals surface area contributed by atoms with Crippen LogP contribution in [0.1, 0.15) is 24.0 Å². The van der Waals surface area contributed by atoms with Crippen LogP contribution in [-0.4, -0.2) is 31.5 Å². The summed E-state index contributed by atoms with van der Waals surface area (Å²) in [5.41, 5.74) is 2.01. The number of nitrogens with one attached hydrogen (secondary N) is 1. The first-order valence-corrected chi connectivity index (χ1v) is 6.99. The van der Waals surface area contributed by atoms with Gasteiger partial charge in [0.05, 0.1) is 18.6 Å². The van der Waals surface area contributed by atoms with Crippen molar-refractivity contribution in [2.75, 3.05) is 14.2 Å². The molecule has 1 heterocycles. The average Bonchev–Trinajstić information content (AvgIpc) is 2.91. The lowest BCUT2D eigenvalue weighted by Gasteiger charge is -2.25. The van der Waals surface area contributed by atoms with E-state index in [0.29, 0.717) is 12.8 Å². The van der Waals surface area contributed by atoms with Gasteiger partial charge < -0.3 is 19.9 Å². The monoisotopic (exact) mass is 275 g/mol. The molecule has 0 unspecified atom stereocenters. The Morgan fingerprint density at radius 1 is 1.60 bits per heavy atom. The van der Waals surface area contributed by atoms with Gasteiger partial charge in [-0.05, 0) is 25.1 Å². The number of benzene rings is 1.